The number of halogens is 1. The third-order valence-electron chi connectivity index (χ3n) is 4.98. The van der Waals surface area contributed by atoms with Gasteiger partial charge in [0.05, 0.1) is 5.69 Å². The number of amides is 1. The fourth-order valence-corrected chi connectivity index (χ4v) is 4.14. The maximum Gasteiger partial charge on any atom is 0.250 e. The third kappa shape index (κ3) is 6.31. The van der Waals surface area contributed by atoms with E-state index in [2.05, 4.69) is 41.5 Å². The molecule has 4 rings (SSSR count). The minimum absolute atomic E-state index is 0.230. The number of hydrogen-bond donors (Lipinski definition) is 1. The van der Waals surface area contributed by atoms with Crippen LogP contribution in [0.5, 0.6) is 5.75 Å². The van der Waals surface area contributed by atoms with Crippen molar-refractivity contribution in [3.05, 3.63) is 105 Å². The largest absolute Gasteiger partial charge is 0.489 e. The van der Waals surface area contributed by atoms with Crippen molar-refractivity contribution in [2.45, 2.75) is 20.5 Å². The lowest BCUT2D eigenvalue weighted by Gasteiger charge is -2.07. The Bertz CT molecular complexity index is 1260. The van der Waals surface area contributed by atoms with E-state index in [-0.39, 0.29) is 5.91 Å². The number of anilines is 1. The van der Waals surface area contributed by atoms with E-state index >= 15 is 0 Å². The minimum Gasteiger partial charge on any atom is -0.489 e. The molecule has 0 unspecified atom stereocenters. The van der Waals surface area contributed by atoms with Crippen molar-refractivity contribution in [3.8, 4) is 17.0 Å². The van der Waals surface area contributed by atoms with Crippen molar-refractivity contribution in [1.29, 1.82) is 0 Å². The molecule has 0 aliphatic carbocycles. The molecule has 0 saturated heterocycles. The van der Waals surface area contributed by atoms with Crippen LogP contribution in [0.1, 0.15) is 21.6 Å². The van der Waals surface area contributed by atoms with Crippen LogP contribution in [-0.2, 0) is 11.4 Å². The zero-order valence-electron chi connectivity index (χ0n) is 18.3. The maximum atomic E-state index is 12.4. The van der Waals surface area contributed by atoms with E-state index in [0.717, 1.165) is 33.0 Å². The number of aromatic nitrogens is 1. The molecule has 0 fully saturated rings. The maximum absolute atomic E-state index is 12.4. The van der Waals surface area contributed by atoms with E-state index < -0.39 is 0 Å². The predicted molar refractivity (Wildman–Crippen MR) is 137 cm³/mol. The van der Waals surface area contributed by atoms with E-state index in [0.29, 0.717) is 16.8 Å². The zero-order chi connectivity index (χ0) is 23.2. The van der Waals surface area contributed by atoms with Crippen LogP contribution >= 0.6 is 22.9 Å². The Morgan fingerprint density at radius 2 is 1.70 bits per heavy atom. The highest BCUT2D eigenvalue weighted by Gasteiger charge is 2.11. The van der Waals surface area contributed by atoms with Crippen LogP contribution in [-0.4, -0.2) is 10.9 Å². The summed E-state index contributed by atoms with van der Waals surface area (Å²) in [6.07, 6.45) is 3.26. The smallest absolute Gasteiger partial charge is 0.250 e. The molecule has 166 valence electrons. The van der Waals surface area contributed by atoms with E-state index in [1.54, 1.807) is 6.08 Å². The molecule has 0 spiro atoms. The number of aryl methyl sites for hydroxylation is 2. The van der Waals surface area contributed by atoms with Crippen molar-refractivity contribution in [2.24, 2.45) is 0 Å². The van der Waals surface area contributed by atoms with Crippen LogP contribution < -0.4 is 10.1 Å². The summed E-state index contributed by atoms with van der Waals surface area (Å²) in [6.45, 7) is 4.56. The number of thiazole rings is 1. The summed E-state index contributed by atoms with van der Waals surface area (Å²) < 4.78 is 5.83. The first-order chi connectivity index (χ1) is 16.0. The van der Waals surface area contributed by atoms with Gasteiger partial charge in [0.25, 0.3) is 0 Å². The standard InChI is InChI=1S/C27H23ClN2O2S/c1-18-3-5-21(6-4-18)17-32-24-14-7-20(8-15-24)9-16-25(31)29-27-30-26(19(2)33-27)22-10-12-23(28)13-11-22/h3-16H,17H2,1-2H3,(H,29,30,31). The number of rotatable bonds is 7. The molecule has 0 radical (unpaired) electrons. The summed E-state index contributed by atoms with van der Waals surface area (Å²) in [6, 6.07) is 23.4. The van der Waals surface area contributed by atoms with E-state index in [1.807, 2.05) is 55.5 Å². The second-order valence-electron chi connectivity index (χ2n) is 7.60. The van der Waals surface area contributed by atoms with Crippen LogP contribution in [0.4, 0.5) is 5.13 Å². The van der Waals surface area contributed by atoms with Crippen molar-refractivity contribution in [2.75, 3.05) is 5.32 Å². The average molecular weight is 475 g/mol. The van der Waals surface area contributed by atoms with Gasteiger partial charge in [0, 0.05) is 21.5 Å². The molecule has 1 aromatic heterocycles. The molecular formula is C27H23ClN2O2S. The monoisotopic (exact) mass is 474 g/mol. The molecule has 4 aromatic rings. The van der Waals surface area contributed by atoms with Gasteiger partial charge in [-0.2, -0.15) is 0 Å². The molecule has 0 aliphatic rings. The number of carbonyl (C=O) groups excluding carboxylic acids is 1. The lowest BCUT2D eigenvalue weighted by molar-refractivity contribution is -0.111. The molecule has 0 saturated carbocycles. The Balaban J connectivity index is 1.32. The van der Waals surface area contributed by atoms with Crippen molar-refractivity contribution < 1.29 is 9.53 Å². The van der Waals surface area contributed by atoms with Crippen molar-refractivity contribution in [3.63, 3.8) is 0 Å². The van der Waals surface area contributed by atoms with Crippen molar-refractivity contribution >= 4 is 40.1 Å². The second kappa shape index (κ2) is 10.5. The van der Waals surface area contributed by atoms with Gasteiger partial charge < -0.3 is 4.74 Å². The molecule has 1 N–H and O–H groups in total. The van der Waals surface area contributed by atoms with Crippen LogP contribution in [0, 0.1) is 13.8 Å². The van der Waals surface area contributed by atoms with E-state index in [1.165, 1.54) is 23.0 Å². The van der Waals surface area contributed by atoms with Crippen LogP contribution in [0.25, 0.3) is 17.3 Å². The van der Waals surface area contributed by atoms with Gasteiger partial charge >= 0.3 is 0 Å². The Kier molecular flexibility index (Phi) is 7.23. The normalized spacial score (nSPS) is 11.0. The van der Waals surface area contributed by atoms with Gasteiger partial charge in [0.2, 0.25) is 5.91 Å². The lowest BCUT2D eigenvalue weighted by Crippen LogP contribution is -2.07. The quantitative estimate of drug-likeness (QED) is 0.285. The Morgan fingerprint density at radius 1 is 1.00 bits per heavy atom. The van der Waals surface area contributed by atoms with Gasteiger partial charge in [-0.15, -0.1) is 11.3 Å². The summed E-state index contributed by atoms with van der Waals surface area (Å²) in [5, 5.41) is 4.08. The van der Waals surface area contributed by atoms with Gasteiger partial charge in [-0.25, -0.2) is 4.98 Å². The Labute approximate surface area is 202 Å². The summed E-state index contributed by atoms with van der Waals surface area (Å²) in [7, 11) is 0. The second-order valence-corrected chi connectivity index (χ2v) is 9.24. The number of ether oxygens (including phenoxy) is 1. The number of nitrogens with zero attached hydrogens (tertiary/aromatic N) is 1. The first-order valence-electron chi connectivity index (χ1n) is 10.5. The van der Waals surface area contributed by atoms with Gasteiger partial charge in [-0.1, -0.05) is 65.7 Å². The molecule has 1 heterocycles. The fourth-order valence-electron chi connectivity index (χ4n) is 3.17. The summed E-state index contributed by atoms with van der Waals surface area (Å²) >= 11 is 7.41. The molecule has 0 atom stereocenters. The van der Waals surface area contributed by atoms with Crippen LogP contribution in [0.3, 0.4) is 0 Å². The first-order valence-corrected chi connectivity index (χ1v) is 11.7. The molecule has 4 nitrogen and oxygen atoms in total. The summed E-state index contributed by atoms with van der Waals surface area (Å²) in [5.41, 5.74) is 5.07. The number of carbonyl (C=O) groups is 1. The van der Waals surface area contributed by atoms with Gasteiger partial charge in [-0.05, 0) is 55.3 Å². The molecule has 33 heavy (non-hydrogen) atoms. The first kappa shape index (κ1) is 22.8. The molecule has 3 aromatic carbocycles. The predicted octanol–water partition coefficient (Wildman–Crippen LogP) is 7.31. The Hall–Kier alpha value is -3.41. The van der Waals surface area contributed by atoms with E-state index in [4.69, 9.17) is 16.3 Å². The average Bonchev–Trinajstić information content (AvgIpc) is 3.18. The zero-order valence-corrected chi connectivity index (χ0v) is 19.9. The highest BCUT2D eigenvalue weighted by molar-refractivity contribution is 7.16. The van der Waals surface area contributed by atoms with Gasteiger partial charge in [0.15, 0.2) is 5.13 Å². The van der Waals surface area contributed by atoms with Crippen molar-refractivity contribution in [1.82, 2.24) is 4.98 Å². The van der Waals surface area contributed by atoms with Gasteiger partial charge in [-0.3, -0.25) is 10.1 Å². The topological polar surface area (TPSA) is 51.2 Å². The minimum atomic E-state index is -0.230. The van der Waals surface area contributed by atoms with Crippen LogP contribution in [0.2, 0.25) is 5.02 Å². The summed E-state index contributed by atoms with van der Waals surface area (Å²) in [5.74, 6) is 0.552. The molecule has 0 bridgehead atoms. The molecule has 6 heteroatoms. The SMILES string of the molecule is Cc1ccc(COc2ccc(C=CC(=O)Nc3nc(-c4ccc(Cl)cc4)c(C)s3)cc2)cc1. The molecular weight excluding hydrogens is 452 g/mol. The molecule has 0 aliphatic heterocycles. The molecule has 1 amide bonds. The number of benzene rings is 3. The fraction of sp³-hybridized carbons (Fsp3) is 0.111. The third-order valence-corrected chi connectivity index (χ3v) is 6.12. The number of hydrogen-bond acceptors (Lipinski definition) is 4. The highest BCUT2D eigenvalue weighted by atomic mass is 35.5. The highest BCUT2D eigenvalue weighted by Crippen LogP contribution is 2.31. The van der Waals surface area contributed by atoms with E-state index in [9.17, 15) is 4.79 Å². The number of nitrogens with one attached hydrogen (secondary N) is 1. The van der Waals surface area contributed by atoms with Gasteiger partial charge in [0.1, 0.15) is 12.4 Å². The lowest BCUT2D eigenvalue weighted by atomic mass is 10.1. The summed E-state index contributed by atoms with van der Waals surface area (Å²) in [4.78, 5) is 17.9. The Morgan fingerprint density at radius 3 is 2.39 bits per heavy atom. The van der Waals surface area contributed by atoms with Crippen LogP contribution in [0.15, 0.2) is 78.9 Å².